The minimum absolute atomic E-state index is 0.0430. The largest absolute Gasteiger partial charge is 0.490 e. The standard InChI is InChI=1S/C15H15NO4/c1-10(11-6-4-3-5-7-11)16-15(18)13-8-12(17)14(19-2)9-20-13/h3-10H,1-2H3,(H,16,18)/t10-/m1/s1. The Labute approximate surface area is 116 Å². The molecule has 1 heterocycles. The molecule has 0 aliphatic carbocycles. The number of hydrogen-bond donors (Lipinski definition) is 1. The Morgan fingerprint density at radius 2 is 2.00 bits per heavy atom. The van der Waals surface area contributed by atoms with Gasteiger partial charge in [0.25, 0.3) is 5.91 Å². The van der Waals surface area contributed by atoms with Crippen molar-refractivity contribution in [3.63, 3.8) is 0 Å². The summed E-state index contributed by atoms with van der Waals surface area (Å²) in [5.41, 5.74) is 0.577. The minimum Gasteiger partial charge on any atom is -0.490 e. The molecule has 1 amide bonds. The van der Waals surface area contributed by atoms with Crippen LogP contribution in [0.1, 0.15) is 29.1 Å². The normalized spacial score (nSPS) is 11.7. The van der Waals surface area contributed by atoms with Crippen molar-refractivity contribution in [3.05, 3.63) is 64.2 Å². The van der Waals surface area contributed by atoms with Gasteiger partial charge in [-0.15, -0.1) is 0 Å². The van der Waals surface area contributed by atoms with Crippen LogP contribution in [0, 0.1) is 0 Å². The molecule has 0 spiro atoms. The summed E-state index contributed by atoms with van der Waals surface area (Å²) < 4.78 is 9.88. The predicted octanol–water partition coefficient (Wildman–Crippen LogP) is 2.14. The molecule has 0 aliphatic heterocycles. The average Bonchev–Trinajstić information content (AvgIpc) is 2.48. The van der Waals surface area contributed by atoms with E-state index in [4.69, 9.17) is 9.15 Å². The van der Waals surface area contributed by atoms with Crippen molar-refractivity contribution in [2.45, 2.75) is 13.0 Å². The van der Waals surface area contributed by atoms with Crippen LogP contribution in [0.2, 0.25) is 0 Å². The van der Waals surface area contributed by atoms with Crippen molar-refractivity contribution >= 4 is 5.91 Å². The van der Waals surface area contributed by atoms with Gasteiger partial charge in [0, 0.05) is 6.07 Å². The number of benzene rings is 1. The molecule has 0 aliphatic rings. The highest BCUT2D eigenvalue weighted by Crippen LogP contribution is 2.12. The maximum Gasteiger partial charge on any atom is 0.287 e. The molecule has 2 aromatic rings. The molecule has 104 valence electrons. The molecule has 1 aromatic carbocycles. The summed E-state index contributed by atoms with van der Waals surface area (Å²) in [6.07, 6.45) is 1.13. The van der Waals surface area contributed by atoms with Crippen molar-refractivity contribution in [2.24, 2.45) is 0 Å². The van der Waals surface area contributed by atoms with Crippen LogP contribution in [-0.4, -0.2) is 13.0 Å². The van der Waals surface area contributed by atoms with Crippen LogP contribution >= 0.6 is 0 Å². The van der Waals surface area contributed by atoms with Gasteiger partial charge in [-0.25, -0.2) is 0 Å². The lowest BCUT2D eigenvalue weighted by molar-refractivity contribution is 0.0908. The quantitative estimate of drug-likeness (QED) is 0.926. The number of carbonyl (C=O) groups is 1. The highest BCUT2D eigenvalue weighted by Gasteiger charge is 2.15. The molecule has 20 heavy (non-hydrogen) atoms. The number of nitrogens with one attached hydrogen (secondary N) is 1. The second kappa shape index (κ2) is 6.06. The third-order valence-corrected chi connectivity index (χ3v) is 2.89. The number of methoxy groups -OCH3 is 1. The van der Waals surface area contributed by atoms with E-state index in [1.807, 2.05) is 37.3 Å². The van der Waals surface area contributed by atoms with Crippen LogP contribution < -0.4 is 15.5 Å². The summed E-state index contributed by atoms with van der Waals surface area (Å²) in [6, 6.07) is 10.4. The van der Waals surface area contributed by atoms with Crippen LogP contribution in [0.3, 0.4) is 0 Å². The SMILES string of the molecule is COc1coc(C(=O)N[C@H](C)c2ccccc2)cc1=O. The smallest absolute Gasteiger partial charge is 0.287 e. The molecule has 0 saturated carbocycles. The number of amides is 1. The Morgan fingerprint density at radius 1 is 1.30 bits per heavy atom. The molecule has 0 saturated heterocycles. The van der Waals surface area contributed by atoms with Crippen molar-refractivity contribution in [3.8, 4) is 5.75 Å². The zero-order chi connectivity index (χ0) is 14.5. The van der Waals surface area contributed by atoms with E-state index < -0.39 is 11.3 Å². The van der Waals surface area contributed by atoms with E-state index in [1.165, 1.54) is 7.11 Å². The van der Waals surface area contributed by atoms with E-state index in [1.54, 1.807) is 0 Å². The van der Waals surface area contributed by atoms with Crippen molar-refractivity contribution in [1.82, 2.24) is 5.32 Å². The van der Waals surface area contributed by atoms with E-state index in [2.05, 4.69) is 5.32 Å². The van der Waals surface area contributed by atoms with Gasteiger partial charge in [-0.1, -0.05) is 30.3 Å². The zero-order valence-corrected chi connectivity index (χ0v) is 11.3. The van der Waals surface area contributed by atoms with Gasteiger partial charge < -0.3 is 14.5 Å². The van der Waals surface area contributed by atoms with Crippen LogP contribution in [-0.2, 0) is 0 Å². The van der Waals surface area contributed by atoms with Crippen molar-refractivity contribution in [2.75, 3.05) is 7.11 Å². The predicted molar refractivity (Wildman–Crippen MR) is 73.9 cm³/mol. The molecule has 0 unspecified atom stereocenters. The molecule has 1 aromatic heterocycles. The summed E-state index contributed by atoms with van der Waals surface area (Å²) in [5.74, 6) is -0.419. The molecule has 2 rings (SSSR count). The number of hydrogen-bond acceptors (Lipinski definition) is 4. The zero-order valence-electron chi connectivity index (χ0n) is 11.3. The van der Waals surface area contributed by atoms with Gasteiger partial charge in [-0.05, 0) is 12.5 Å². The number of carbonyl (C=O) groups excluding carboxylic acids is 1. The van der Waals surface area contributed by atoms with Gasteiger partial charge in [0.15, 0.2) is 5.76 Å². The van der Waals surface area contributed by atoms with Gasteiger partial charge >= 0.3 is 0 Å². The fourth-order valence-electron chi connectivity index (χ4n) is 1.76. The first-order chi connectivity index (χ1) is 9.61. The molecular weight excluding hydrogens is 258 g/mol. The lowest BCUT2D eigenvalue weighted by Gasteiger charge is -2.13. The highest BCUT2D eigenvalue weighted by atomic mass is 16.5. The first-order valence-electron chi connectivity index (χ1n) is 6.14. The fourth-order valence-corrected chi connectivity index (χ4v) is 1.76. The van der Waals surface area contributed by atoms with Gasteiger partial charge in [-0.3, -0.25) is 9.59 Å². The van der Waals surface area contributed by atoms with Gasteiger partial charge in [0.2, 0.25) is 11.2 Å². The second-order valence-electron chi connectivity index (χ2n) is 4.28. The van der Waals surface area contributed by atoms with E-state index in [9.17, 15) is 9.59 Å². The lowest BCUT2D eigenvalue weighted by Crippen LogP contribution is -2.27. The van der Waals surface area contributed by atoms with E-state index in [0.717, 1.165) is 17.9 Å². The molecule has 0 fully saturated rings. The number of ether oxygens (including phenoxy) is 1. The number of rotatable bonds is 4. The molecule has 0 bridgehead atoms. The summed E-state index contributed by atoms with van der Waals surface area (Å²) in [7, 11) is 1.36. The summed E-state index contributed by atoms with van der Waals surface area (Å²) >= 11 is 0. The lowest BCUT2D eigenvalue weighted by atomic mass is 10.1. The Morgan fingerprint density at radius 3 is 2.60 bits per heavy atom. The molecule has 5 heteroatoms. The summed E-state index contributed by atoms with van der Waals surface area (Å²) in [4.78, 5) is 23.6. The summed E-state index contributed by atoms with van der Waals surface area (Å²) in [5, 5.41) is 2.76. The molecule has 1 atom stereocenters. The molecule has 0 radical (unpaired) electrons. The monoisotopic (exact) mass is 273 g/mol. The van der Waals surface area contributed by atoms with E-state index in [-0.39, 0.29) is 17.6 Å². The van der Waals surface area contributed by atoms with Crippen molar-refractivity contribution in [1.29, 1.82) is 0 Å². The first-order valence-corrected chi connectivity index (χ1v) is 6.14. The average molecular weight is 273 g/mol. The summed E-state index contributed by atoms with van der Waals surface area (Å²) in [6.45, 7) is 1.86. The minimum atomic E-state index is -0.443. The van der Waals surface area contributed by atoms with Gasteiger partial charge in [0.05, 0.1) is 13.2 Å². The molecule has 1 N–H and O–H groups in total. The van der Waals surface area contributed by atoms with E-state index in [0.29, 0.717) is 0 Å². The van der Waals surface area contributed by atoms with Gasteiger partial charge in [0.1, 0.15) is 6.26 Å². The maximum atomic E-state index is 12.0. The Bertz CT molecular complexity index is 648. The third kappa shape index (κ3) is 3.06. The maximum absolute atomic E-state index is 12.0. The highest BCUT2D eigenvalue weighted by molar-refractivity contribution is 5.91. The Balaban J connectivity index is 2.12. The van der Waals surface area contributed by atoms with Crippen LogP contribution in [0.25, 0.3) is 0 Å². The molecule has 5 nitrogen and oxygen atoms in total. The third-order valence-electron chi connectivity index (χ3n) is 2.89. The van der Waals surface area contributed by atoms with Crippen LogP contribution in [0.5, 0.6) is 5.75 Å². The molecular formula is C15H15NO4. The fraction of sp³-hybridized carbons (Fsp3) is 0.200. The Hall–Kier alpha value is -2.56. The van der Waals surface area contributed by atoms with Crippen LogP contribution in [0.4, 0.5) is 0 Å². The second-order valence-corrected chi connectivity index (χ2v) is 4.28. The Kier molecular flexibility index (Phi) is 4.20. The van der Waals surface area contributed by atoms with E-state index >= 15 is 0 Å². The first kappa shape index (κ1) is 13.9. The topological polar surface area (TPSA) is 68.5 Å². The van der Waals surface area contributed by atoms with Crippen LogP contribution in [0.15, 0.2) is 51.9 Å². The van der Waals surface area contributed by atoms with Gasteiger partial charge in [-0.2, -0.15) is 0 Å². The van der Waals surface area contributed by atoms with Crippen molar-refractivity contribution < 1.29 is 13.9 Å².